The summed E-state index contributed by atoms with van der Waals surface area (Å²) in [4.78, 5) is 16.4. The molecule has 1 heterocycles. The molecular weight excluding hydrogens is 320 g/mol. The van der Waals surface area contributed by atoms with Gasteiger partial charge in [-0.2, -0.15) is 0 Å². The lowest BCUT2D eigenvalue weighted by molar-refractivity contribution is 0.0944. The molecule has 1 amide bonds. The van der Waals surface area contributed by atoms with E-state index in [4.69, 9.17) is 4.74 Å². The lowest BCUT2D eigenvalue weighted by Crippen LogP contribution is -2.27. The molecule has 5 heteroatoms. The van der Waals surface area contributed by atoms with Crippen molar-refractivity contribution in [1.29, 1.82) is 0 Å². The number of thiazole rings is 1. The number of aromatic nitrogens is 1. The van der Waals surface area contributed by atoms with Crippen molar-refractivity contribution in [2.75, 3.05) is 6.54 Å². The van der Waals surface area contributed by atoms with E-state index >= 15 is 0 Å². The highest BCUT2D eigenvalue weighted by molar-refractivity contribution is 7.09. The normalized spacial score (nSPS) is 11.0. The molecule has 0 aliphatic rings. The van der Waals surface area contributed by atoms with Gasteiger partial charge in [-0.3, -0.25) is 4.79 Å². The first-order valence-electron chi connectivity index (χ1n) is 7.96. The molecule has 4 nitrogen and oxygen atoms in total. The van der Waals surface area contributed by atoms with Gasteiger partial charge >= 0.3 is 0 Å². The molecule has 124 valence electrons. The topological polar surface area (TPSA) is 51.2 Å². The number of amides is 1. The largest absolute Gasteiger partial charge is 0.486 e. The maximum atomic E-state index is 12.0. The lowest BCUT2D eigenvalue weighted by atomic mass is 10.1. The summed E-state index contributed by atoms with van der Waals surface area (Å²) < 4.78 is 5.91. The van der Waals surface area contributed by atoms with Gasteiger partial charge < -0.3 is 10.1 Å². The van der Waals surface area contributed by atoms with Crippen LogP contribution in [0.3, 0.4) is 0 Å². The number of carbonyl (C=O) groups excluding carboxylic acids is 1. The molecule has 2 aromatic carbocycles. The molecule has 1 aromatic heterocycles. The maximum Gasteiger partial charge on any atom is 0.270 e. The van der Waals surface area contributed by atoms with Crippen LogP contribution in [0.5, 0.6) is 5.75 Å². The Morgan fingerprint density at radius 3 is 2.83 bits per heavy atom. The second-order valence-electron chi connectivity index (χ2n) is 6.00. The van der Waals surface area contributed by atoms with Gasteiger partial charge in [0, 0.05) is 17.3 Å². The van der Waals surface area contributed by atoms with E-state index in [9.17, 15) is 4.79 Å². The average Bonchev–Trinajstić information content (AvgIpc) is 3.07. The van der Waals surface area contributed by atoms with Gasteiger partial charge in [-0.1, -0.05) is 50.2 Å². The molecule has 0 unspecified atom stereocenters. The van der Waals surface area contributed by atoms with E-state index in [-0.39, 0.29) is 5.91 Å². The summed E-state index contributed by atoms with van der Waals surface area (Å²) >= 11 is 1.44. The van der Waals surface area contributed by atoms with Crippen LogP contribution in [0.25, 0.3) is 10.8 Å². The van der Waals surface area contributed by atoms with Crippen molar-refractivity contribution < 1.29 is 9.53 Å². The van der Waals surface area contributed by atoms with Gasteiger partial charge in [-0.05, 0) is 17.4 Å². The molecule has 0 aliphatic heterocycles. The highest BCUT2D eigenvalue weighted by Crippen LogP contribution is 2.26. The second kappa shape index (κ2) is 7.45. The molecule has 0 atom stereocenters. The summed E-state index contributed by atoms with van der Waals surface area (Å²) in [7, 11) is 0. The zero-order valence-electron chi connectivity index (χ0n) is 13.8. The lowest BCUT2D eigenvalue weighted by Gasteiger charge is -2.07. The van der Waals surface area contributed by atoms with E-state index in [1.807, 2.05) is 30.3 Å². The van der Waals surface area contributed by atoms with Crippen molar-refractivity contribution in [3.05, 3.63) is 58.5 Å². The SMILES string of the molecule is CC(C)CNC(=O)c1csc(COc2cccc3ccccc23)n1. The van der Waals surface area contributed by atoms with E-state index in [0.717, 1.165) is 21.5 Å². The number of hydrogen-bond donors (Lipinski definition) is 1. The molecule has 24 heavy (non-hydrogen) atoms. The summed E-state index contributed by atoms with van der Waals surface area (Å²) in [6.45, 7) is 5.13. The van der Waals surface area contributed by atoms with E-state index in [2.05, 4.69) is 36.3 Å². The average molecular weight is 340 g/mol. The maximum absolute atomic E-state index is 12.0. The minimum Gasteiger partial charge on any atom is -0.486 e. The van der Waals surface area contributed by atoms with Gasteiger partial charge in [0.25, 0.3) is 5.91 Å². The number of rotatable bonds is 6. The van der Waals surface area contributed by atoms with Crippen LogP contribution in [0.1, 0.15) is 29.3 Å². The zero-order valence-corrected chi connectivity index (χ0v) is 14.6. The molecule has 0 saturated carbocycles. The summed E-state index contributed by atoms with van der Waals surface area (Å²) in [6.07, 6.45) is 0. The van der Waals surface area contributed by atoms with E-state index in [1.54, 1.807) is 5.38 Å². The Kier molecular flexibility index (Phi) is 5.11. The van der Waals surface area contributed by atoms with Crippen LogP contribution in [0.4, 0.5) is 0 Å². The molecular formula is C19H20N2O2S. The van der Waals surface area contributed by atoms with Crippen molar-refractivity contribution in [3.8, 4) is 5.75 Å². The first-order valence-corrected chi connectivity index (χ1v) is 8.84. The van der Waals surface area contributed by atoms with Gasteiger partial charge in [0.15, 0.2) is 0 Å². The Bertz CT molecular complexity index is 837. The summed E-state index contributed by atoms with van der Waals surface area (Å²) in [5.41, 5.74) is 0.456. The predicted molar refractivity (Wildman–Crippen MR) is 97.6 cm³/mol. The first kappa shape index (κ1) is 16.5. The van der Waals surface area contributed by atoms with Gasteiger partial charge in [0.2, 0.25) is 0 Å². The molecule has 3 rings (SSSR count). The van der Waals surface area contributed by atoms with E-state index < -0.39 is 0 Å². The number of nitrogens with one attached hydrogen (secondary N) is 1. The standard InChI is InChI=1S/C19H20N2O2S/c1-13(2)10-20-19(22)16-12-24-18(21-16)11-23-17-9-5-7-14-6-3-4-8-15(14)17/h3-9,12-13H,10-11H2,1-2H3,(H,20,22). The van der Waals surface area contributed by atoms with E-state index in [1.165, 1.54) is 11.3 Å². The minimum atomic E-state index is -0.128. The summed E-state index contributed by atoms with van der Waals surface area (Å²) in [5.74, 6) is 1.12. The zero-order chi connectivity index (χ0) is 16.9. The van der Waals surface area contributed by atoms with Crippen molar-refractivity contribution in [1.82, 2.24) is 10.3 Å². The second-order valence-corrected chi connectivity index (χ2v) is 6.94. The van der Waals surface area contributed by atoms with Gasteiger partial charge in [-0.15, -0.1) is 11.3 Å². The van der Waals surface area contributed by atoms with Crippen LogP contribution in [0, 0.1) is 5.92 Å². The predicted octanol–water partition coefficient (Wildman–Crippen LogP) is 4.26. The third-order valence-corrected chi connectivity index (χ3v) is 4.38. The summed E-state index contributed by atoms with van der Waals surface area (Å²) in [5, 5.41) is 7.66. The van der Waals surface area contributed by atoms with Crippen LogP contribution < -0.4 is 10.1 Å². The van der Waals surface area contributed by atoms with Crippen molar-refractivity contribution in [3.63, 3.8) is 0 Å². The van der Waals surface area contributed by atoms with Crippen LogP contribution in [0.15, 0.2) is 47.8 Å². The van der Waals surface area contributed by atoms with Crippen LogP contribution in [-0.2, 0) is 6.61 Å². The number of nitrogens with zero attached hydrogens (tertiary/aromatic N) is 1. The number of carbonyl (C=O) groups is 1. The number of benzene rings is 2. The summed E-state index contributed by atoms with van der Waals surface area (Å²) in [6, 6.07) is 14.1. The van der Waals surface area contributed by atoms with Crippen LogP contribution in [0.2, 0.25) is 0 Å². The molecule has 0 radical (unpaired) electrons. The fourth-order valence-corrected chi connectivity index (χ4v) is 3.02. The van der Waals surface area contributed by atoms with Gasteiger partial charge in [-0.25, -0.2) is 4.98 Å². The number of fused-ring (bicyclic) bond motifs is 1. The Balaban J connectivity index is 1.66. The fourth-order valence-electron chi connectivity index (χ4n) is 2.33. The number of hydrogen-bond acceptors (Lipinski definition) is 4. The Morgan fingerprint density at radius 1 is 1.21 bits per heavy atom. The smallest absolute Gasteiger partial charge is 0.270 e. The van der Waals surface area contributed by atoms with Crippen molar-refractivity contribution in [2.45, 2.75) is 20.5 Å². The molecule has 0 fully saturated rings. The van der Waals surface area contributed by atoms with Gasteiger partial charge in [0.1, 0.15) is 23.1 Å². The van der Waals surface area contributed by atoms with Crippen molar-refractivity contribution in [2.24, 2.45) is 5.92 Å². The highest BCUT2D eigenvalue weighted by Gasteiger charge is 2.11. The Morgan fingerprint density at radius 2 is 2.00 bits per heavy atom. The quantitative estimate of drug-likeness (QED) is 0.729. The number of ether oxygens (including phenoxy) is 1. The molecule has 0 saturated heterocycles. The first-order chi connectivity index (χ1) is 11.6. The van der Waals surface area contributed by atoms with Crippen LogP contribution in [-0.4, -0.2) is 17.4 Å². The Hall–Kier alpha value is -2.40. The van der Waals surface area contributed by atoms with E-state index in [0.29, 0.717) is 24.8 Å². The third-order valence-electron chi connectivity index (χ3n) is 3.56. The minimum absolute atomic E-state index is 0.128. The Labute approximate surface area is 145 Å². The molecule has 0 aliphatic carbocycles. The fraction of sp³-hybridized carbons (Fsp3) is 0.263. The molecule has 0 spiro atoms. The van der Waals surface area contributed by atoms with Gasteiger partial charge in [0.05, 0.1) is 0 Å². The monoisotopic (exact) mass is 340 g/mol. The molecule has 3 aromatic rings. The van der Waals surface area contributed by atoms with Crippen molar-refractivity contribution >= 4 is 28.0 Å². The third kappa shape index (κ3) is 3.92. The molecule has 0 bridgehead atoms. The highest BCUT2D eigenvalue weighted by atomic mass is 32.1. The van der Waals surface area contributed by atoms with Crippen LogP contribution >= 0.6 is 11.3 Å². The molecule has 1 N–H and O–H groups in total.